The van der Waals surface area contributed by atoms with Gasteiger partial charge in [-0.25, -0.2) is 4.79 Å². The van der Waals surface area contributed by atoms with Crippen LogP contribution in [0.3, 0.4) is 0 Å². The van der Waals surface area contributed by atoms with Gasteiger partial charge in [-0.2, -0.15) is 0 Å². The van der Waals surface area contributed by atoms with Gasteiger partial charge in [0.05, 0.1) is 0 Å². The van der Waals surface area contributed by atoms with Gasteiger partial charge in [0.2, 0.25) is 0 Å². The van der Waals surface area contributed by atoms with E-state index in [1.165, 1.54) is 11.6 Å². The molecule has 0 aliphatic heterocycles. The van der Waals surface area contributed by atoms with E-state index in [9.17, 15) is 4.79 Å². The number of hydrogen-bond donors (Lipinski definition) is 0. The van der Waals surface area contributed by atoms with Crippen LogP contribution in [-0.2, 0) is 0 Å². The third-order valence-electron chi connectivity index (χ3n) is 3.43. The molecule has 2 heteroatoms. The molecule has 0 saturated carbocycles. The lowest BCUT2D eigenvalue weighted by Gasteiger charge is -2.05. The predicted octanol–water partition coefficient (Wildman–Crippen LogP) is 4.79. The largest absolute Gasteiger partial charge is 0.422 e. The highest BCUT2D eigenvalue weighted by molar-refractivity contribution is 5.77. The first kappa shape index (κ1) is 14.1. The molecule has 2 nitrogen and oxygen atoms in total. The second-order valence-electron chi connectivity index (χ2n) is 5.15. The SMILES string of the molecule is Cc1ccc(-c2oc(=O)ccc2/C=C/c2ccccc2)cc1. The van der Waals surface area contributed by atoms with Crippen LogP contribution in [0, 0.1) is 6.92 Å². The zero-order valence-electron chi connectivity index (χ0n) is 12.3. The van der Waals surface area contributed by atoms with Crippen molar-refractivity contribution < 1.29 is 4.42 Å². The van der Waals surface area contributed by atoms with E-state index in [2.05, 4.69) is 0 Å². The molecular formula is C20H16O2. The molecule has 2 aromatic carbocycles. The van der Waals surface area contributed by atoms with Crippen molar-refractivity contribution in [2.24, 2.45) is 0 Å². The second-order valence-corrected chi connectivity index (χ2v) is 5.15. The quantitative estimate of drug-likeness (QED) is 0.694. The van der Waals surface area contributed by atoms with Crippen molar-refractivity contribution in [2.45, 2.75) is 6.92 Å². The molecule has 0 amide bonds. The standard InChI is InChI=1S/C20H16O2/c1-15-7-10-17(11-8-15)20-18(13-14-19(21)22-20)12-9-16-5-3-2-4-6-16/h2-14H,1H3/b12-9+. The summed E-state index contributed by atoms with van der Waals surface area (Å²) in [5.74, 6) is 0.597. The van der Waals surface area contributed by atoms with Crippen LogP contribution >= 0.6 is 0 Å². The van der Waals surface area contributed by atoms with Crippen molar-refractivity contribution in [1.29, 1.82) is 0 Å². The van der Waals surface area contributed by atoms with Crippen molar-refractivity contribution in [3.63, 3.8) is 0 Å². The molecule has 0 saturated heterocycles. The van der Waals surface area contributed by atoms with Crippen LogP contribution in [0.5, 0.6) is 0 Å². The van der Waals surface area contributed by atoms with E-state index in [-0.39, 0.29) is 5.63 Å². The maximum absolute atomic E-state index is 11.6. The minimum Gasteiger partial charge on any atom is -0.422 e. The third-order valence-corrected chi connectivity index (χ3v) is 3.43. The van der Waals surface area contributed by atoms with Crippen molar-refractivity contribution >= 4 is 12.2 Å². The third kappa shape index (κ3) is 3.23. The van der Waals surface area contributed by atoms with Gasteiger partial charge in [-0.1, -0.05) is 72.3 Å². The van der Waals surface area contributed by atoms with Gasteiger partial charge in [0.25, 0.3) is 0 Å². The van der Waals surface area contributed by atoms with E-state index in [4.69, 9.17) is 4.42 Å². The Morgan fingerprint density at radius 1 is 0.818 bits per heavy atom. The van der Waals surface area contributed by atoms with Crippen LogP contribution in [0.15, 0.2) is 75.9 Å². The number of rotatable bonds is 3. The van der Waals surface area contributed by atoms with E-state index in [1.807, 2.05) is 73.7 Å². The number of benzene rings is 2. The normalized spacial score (nSPS) is 11.0. The Balaban J connectivity index is 2.03. The first-order valence-electron chi connectivity index (χ1n) is 7.17. The molecule has 0 N–H and O–H groups in total. The van der Waals surface area contributed by atoms with Gasteiger partial charge in [0.15, 0.2) is 0 Å². The average Bonchev–Trinajstić information content (AvgIpc) is 2.55. The highest BCUT2D eigenvalue weighted by atomic mass is 16.4. The van der Waals surface area contributed by atoms with Crippen molar-refractivity contribution in [1.82, 2.24) is 0 Å². The minimum absolute atomic E-state index is 0.340. The highest BCUT2D eigenvalue weighted by Crippen LogP contribution is 2.24. The maximum Gasteiger partial charge on any atom is 0.336 e. The van der Waals surface area contributed by atoms with Crippen molar-refractivity contribution in [3.8, 4) is 11.3 Å². The summed E-state index contributed by atoms with van der Waals surface area (Å²) >= 11 is 0. The molecule has 0 aliphatic carbocycles. The molecule has 0 spiro atoms. The fourth-order valence-corrected chi connectivity index (χ4v) is 2.24. The second kappa shape index (κ2) is 6.27. The first-order chi connectivity index (χ1) is 10.7. The summed E-state index contributed by atoms with van der Waals surface area (Å²) in [5.41, 5.74) is 3.71. The van der Waals surface area contributed by atoms with Gasteiger partial charge >= 0.3 is 5.63 Å². The summed E-state index contributed by atoms with van der Waals surface area (Å²) in [7, 11) is 0. The summed E-state index contributed by atoms with van der Waals surface area (Å²) in [5, 5.41) is 0. The lowest BCUT2D eigenvalue weighted by Crippen LogP contribution is -1.98. The van der Waals surface area contributed by atoms with Gasteiger partial charge in [-0.05, 0) is 18.6 Å². The molecule has 0 atom stereocenters. The Labute approximate surface area is 129 Å². The van der Waals surface area contributed by atoms with Crippen LogP contribution in [0.2, 0.25) is 0 Å². The lowest BCUT2D eigenvalue weighted by atomic mass is 10.0. The van der Waals surface area contributed by atoms with Crippen LogP contribution in [-0.4, -0.2) is 0 Å². The van der Waals surface area contributed by atoms with Crippen molar-refractivity contribution in [2.75, 3.05) is 0 Å². The Morgan fingerprint density at radius 3 is 2.27 bits per heavy atom. The summed E-state index contributed by atoms with van der Waals surface area (Å²) in [6.07, 6.45) is 3.97. The molecule has 108 valence electrons. The molecular weight excluding hydrogens is 272 g/mol. The van der Waals surface area contributed by atoms with Crippen LogP contribution in [0.1, 0.15) is 16.7 Å². The summed E-state index contributed by atoms with van der Waals surface area (Å²) < 4.78 is 5.42. The van der Waals surface area contributed by atoms with Gasteiger partial charge in [0, 0.05) is 17.2 Å². The van der Waals surface area contributed by atoms with Gasteiger partial charge < -0.3 is 4.42 Å². The minimum atomic E-state index is -0.340. The van der Waals surface area contributed by atoms with E-state index in [1.54, 1.807) is 6.07 Å². The van der Waals surface area contributed by atoms with Crippen LogP contribution in [0.25, 0.3) is 23.5 Å². The molecule has 22 heavy (non-hydrogen) atoms. The van der Waals surface area contributed by atoms with E-state index >= 15 is 0 Å². The molecule has 1 aromatic heterocycles. The molecule has 0 bridgehead atoms. The maximum atomic E-state index is 11.6. The molecule has 3 rings (SSSR count). The monoisotopic (exact) mass is 288 g/mol. The van der Waals surface area contributed by atoms with Crippen molar-refractivity contribution in [3.05, 3.63) is 93.8 Å². The number of hydrogen-bond acceptors (Lipinski definition) is 2. The Morgan fingerprint density at radius 2 is 1.55 bits per heavy atom. The Kier molecular flexibility index (Phi) is 4.01. The van der Waals surface area contributed by atoms with E-state index < -0.39 is 0 Å². The predicted molar refractivity (Wildman–Crippen MR) is 90.5 cm³/mol. The smallest absolute Gasteiger partial charge is 0.336 e. The first-order valence-corrected chi connectivity index (χ1v) is 7.17. The molecule has 0 unspecified atom stereocenters. The lowest BCUT2D eigenvalue weighted by molar-refractivity contribution is 0.525. The van der Waals surface area contributed by atoms with Gasteiger partial charge in [0.1, 0.15) is 5.76 Å². The van der Waals surface area contributed by atoms with Crippen LogP contribution < -0.4 is 5.63 Å². The fraction of sp³-hybridized carbons (Fsp3) is 0.0500. The average molecular weight is 288 g/mol. The van der Waals surface area contributed by atoms with Gasteiger partial charge in [-0.15, -0.1) is 0 Å². The van der Waals surface area contributed by atoms with E-state index in [0.717, 1.165) is 16.7 Å². The summed E-state index contributed by atoms with van der Waals surface area (Å²) in [6.45, 7) is 2.03. The molecule has 3 aromatic rings. The molecule has 1 heterocycles. The zero-order chi connectivity index (χ0) is 15.4. The van der Waals surface area contributed by atoms with Crippen LogP contribution in [0.4, 0.5) is 0 Å². The fourth-order valence-electron chi connectivity index (χ4n) is 2.24. The number of aryl methyl sites for hydroxylation is 1. The molecule has 0 radical (unpaired) electrons. The summed E-state index contributed by atoms with van der Waals surface area (Å²) in [4.78, 5) is 11.6. The Bertz CT molecular complexity index is 841. The molecule has 0 aliphatic rings. The Hall–Kier alpha value is -2.87. The summed E-state index contributed by atoms with van der Waals surface area (Å²) in [6, 6.07) is 21.2. The highest BCUT2D eigenvalue weighted by Gasteiger charge is 2.06. The van der Waals surface area contributed by atoms with Gasteiger partial charge in [-0.3, -0.25) is 0 Å². The molecule has 0 fully saturated rings. The van der Waals surface area contributed by atoms with E-state index in [0.29, 0.717) is 5.76 Å². The topological polar surface area (TPSA) is 30.2 Å². The zero-order valence-corrected chi connectivity index (χ0v) is 12.3.